The fraction of sp³-hybridized carbons (Fsp3) is 0.500. The molecule has 0 saturated carbocycles. The van der Waals surface area contributed by atoms with E-state index < -0.39 is 0 Å². The van der Waals surface area contributed by atoms with Gasteiger partial charge in [-0.05, 0) is 5.92 Å². The van der Waals surface area contributed by atoms with Gasteiger partial charge in [0, 0.05) is 15.9 Å². The fourth-order valence-corrected chi connectivity index (χ4v) is 0.827. The number of rotatable bonds is 1. The minimum atomic E-state index is 0.444. The summed E-state index contributed by atoms with van der Waals surface area (Å²) < 4.78 is 4.93. The Kier molecular flexibility index (Phi) is 1.90. The molecule has 0 bridgehead atoms. The van der Waals surface area contributed by atoms with E-state index in [1.807, 2.05) is 0 Å². The molecule has 9 heavy (non-hydrogen) atoms. The molecule has 0 aliphatic carbocycles. The van der Waals surface area contributed by atoms with Gasteiger partial charge >= 0.3 is 0 Å². The number of hydrogen-bond donors (Lipinski definition) is 0. The van der Waals surface area contributed by atoms with Crippen LogP contribution in [-0.2, 0) is 0 Å². The molecule has 0 N–H and O–H groups in total. The molecule has 0 fully saturated rings. The molecule has 0 aliphatic heterocycles. The van der Waals surface area contributed by atoms with Crippen molar-refractivity contribution in [2.24, 2.45) is 0 Å². The largest absolute Gasteiger partial charge is 0.439 e. The first-order chi connectivity index (χ1) is 4.20. The van der Waals surface area contributed by atoms with Crippen molar-refractivity contribution in [2.45, 2.75) is 19.8 Å². The lowest BCUT2D eigenvalue weighted by molar-refractivity contribution is 0.527. The standard InChI is InChI=1S/C6H8BrNO/c1-4(2)5-3-9-6(7)8-5/h3-4H,1-2H3. The highest BCUT2D eigenvalue weighted by molar-refractivity contribution is 9.10. The Morgan fingerprint density at radius 2 is 2.33 bits per heavy atom. The van der Waals surface area contributed by atoms with Gasteiger partial charge in [0.25, 0.3) is 4.80 Å². The fourth-order valence-electron chi connectivity index (χ4n) is 0.528. The van der Waals surface area contributed by atoms with Crippen LogP contribution in [-0.4, -0.2) is 4.98 Å². The second-order valence-corrected chi connectivity index (χ2v) is 2.86. The van der Waals surface area contributed by atoms with Crippen LogP contribution in [0.4, 0.5) is 0 Å². The van der Waals surface area contributed by atoms with E-state index in [4.69, 9.17) is 4.42 Å². The summed E-state index contributed by atoms with van der Waals surface area (Å²) >= 11 is 3.12. The van der Waals surface area contributed by atoms with E-state index >= 15 is 0 Å². The van der Waals surface area contributed by atoms with Gasteiger partial charge in [-0.25, -0.2) is 4.98 Å². The predicted molar refractivity (Wildman–Crippen MR) is 38.3 cm³/mol. The number of halogens is 1. The summed E-state index contributed by atoms with van der Waals surface area (Å²) in [6, 6.07) is 0. The van der Waals surface area contributed by atoms with E-state index in [1.54, 1.807) is 6.26 Å². The van der Waals surface area contributed by atoms with Crippen molar-refractivity contribution in [1.29, 1.82) is 0 Å². The van der Waals surface area contributed by atoms with Gasteiger partial charge in [-0.2, -0.15) is 0 Å². The van der Waals surface area contributed by atoms with Crippen LogP contribution in [0.5, 0.6) is 0 Å². The summed E-state index contributed by atoms with van der Waals surface area (Å²) in [5.74, 6) is 0.444. The lowest BCUT2D eigenvalue weighted by Gasteiger charge is -1.93. The molecule has 1 rings (SSSR count). The maximum absolute atomic E-state index is 4.93. The van der Waals surface area contributed by atoms with Gasteiger partial charge < -0.3 is 4.42 Å². The third kappa shape index (κ3) is 1.55. The first-order valence-electron chi connectivity index (χ1n) is 2.81. The molecule has 2 nitrogen and oxygen atoms in total. The van der Waals surface area contributed by atoms with Gasteiger partial charge in [-0.3, -0.25) is 0 Å². The highest BCUT2D eigenvalue weighted by Crippen LogP contribution is 2.15. The zero-order valence-electron chi connectivity index (χ0n) is 5.39. The average molecular weight is 190 g/mol. The van der Waals surface area contributed by atoms with Crippen LogP contribution in [0, 0.1) is 0 Å². The Balaban J connectivity index is 2.85. The van der Waals surface area contributed by atoms with Gasteiger partial charge in [0.2, 0.25) is 0 Å². The van der Waals surface area contributed by atoms with Crippen LogP contribution in [0.2, 0.25) is 0 Å². The average Bonchev–Trinajstić information content (AvgIpc) is 2.14. The Morgan fingerprint density at radius 1 is 1.67 bits per heavy atom. The second kappa shape index (κ2) is 2.52. The zero-order valence-corrected chi connectivity index (χ0v) is 6.97. The second-order valence-electron chi connectivity index (χ2n) is 2.18. The molecular weight excluding hydrogens is 182 g/mol. The van der Waals surface area contributed by atoms with E-state index in [2.05, 4.69) is 34.8 Å². The number of oxazole rings is 1. The lowest BCUT2D eigenvalue weighted by Crippen LogP contribution is -1.84. The maximum Gasteiger partial charge on any atom is 0.264 e. The van der Waals surface area contributed by atoms with Crippen LogP contribution in [0.15, 0.2) is 15.5 Å². The topological polar surface area (TPSA) is 26.0 Å². The number of hydrogen-bond acceptors (Lipinski definition) is 2. The highest BCUT2D eigenvalue weighted by atomic mass is 79.9. The van der Waals surface area contributed by atoms with Crippen LogP contribution >= 0.6 is 15.9 Å². The highest BCUT2D eigenvalue weighted by Gasteiger charge is 2.03. The smallest absolute Gasteiger partial charge is 0.264 e. The van der Waals surface area contributed by atoms with Crippen molar-refractivity contribution >= 4 is 15.9 Å². The molecule has 0 amide bonds. The van der Waals surface area contributed by atoms with E-state index in [9.17, 15) is 0 Å². The van der Waals surface area contributed by atoms with Crippen LogP contribution in [0.1, 0.15) is 25.5 Å². The Labute approximate surface area is 62.4 Å². The van der Waals surface area contributed by atoms with Crippen molar-refractivity contribution in [1.82, 2.24) is 4.98 Å². The first-order valence-corrected chi connectivity index (χ1v) is 3.60. The molecule has 1 aromatic heterocycles. The van der Waals surface area contributed by atoms with Crippen molar-refractivity contribution < 1.29 is 4.42 Å². The Morgan fingerprint density at radius 3 is 2.56 bits per heavy atom. The van der Waals surface area contributed by atoms with Crippen molar-refractivity contribution in [3.63, 3.8) is 0 Å². The summed E-state index contributed by atoms with van der Waals surface area (Å²) in [7, 11) is 0. The summed E-state index contributed by atoms with van der Waals surface area (Å²) in [4.78, 5) is 4.62. The number of aromatic nitrogens is 1. The molecule has 3 heteroatoms. The third-order valence-corrected chi connectivity index (χ3v) is 1.45. The lowest BCUT2D eigenvalue weighted by atomic mass is 10.2. The maximum atomic E-state index is 4.93. The monoisotopic (exact) mass is 189 g/mol. The Hall–Kier alpha value is -0.310. The molecule has 0 aromatic carbocycles. The molecule has 0 aliphatic rings. The van der Waals surface area contributed by atoms with Gasteiger partial charge in [0.15, 0.2) is 0 Å². The zero-order chi connectivity index (χ0) is 6.85. The van der Waals surface area contributed by atoms with Crippen LogP contribution in [0.3, 0.4) is 0 Å². The summed E-state index contributed by atoms with van der Waals surface area (Å²) in [5.41, 5.74) is 0.988. The normalized spacial score (nSPS) is 10.7. The molecule has 0 spiro atoms. The van der Waals surface area contributed by atoms with Crippen molar-refractivity contribution in [3.8, 4) is 0 Å². The van der Waals surface area contributed by atoms with Crippen LogP contribution < -0.4 is 0 Å². The van der Waals surface area contributed by atoms with Gasteiger partial charge in [0.1, 0.15) is 6.26 Å². The van der Waals surface area contributed by atoms with Gasteiger partial charge in [-0.15, -0.1) is 0 Å². The molecular formula is C6H8BrNO. The van der Waals surface area contributed by atoms with Gasteiger partial charge in [-0.1, -0.05) is 13.8 Å². The minimum absolute atomic E-state index is 0.444. The predicted octanol–water partition coefficient (Wildman–Crippen LogP) is 2.56. The van der Waals surface area contributed by atoms with Crippen molar-refractivity contribution in [3.05, 3.63) is 16.8 Å². The molecule has 0 unspecified atom stereocenters. The summed E-state index contributed by atoms with van der Waals surface area (Å²) in [6.07, 6.45) is 1.66. The molecule has 1 aromatic rings. The minimum Gasteiger partial charge on any atom is -0.439 e. The quantitative estimate of drug-likeness (QED) is 0.680. The summed E-state index contributed by atoms with van der Waals surface area (Å²) in [5, 5.41) is 0. The Bertz CT molecular complexity index is 195. The third-order valence-electron chi connectivity index (χ3n) is 1.09. The first kappa shape index (κ1) is 6.81. The van der Waals surface area contributed by atoms with E-state index in [0.717, 1.165) is 5.69 Å². The van der Waals surface area contributed by atoms with E-state index in [1.165, 1.54) is 0 Å². The molecule has 0 saturated heterocycles. The molecule has 0 atom stereocenters. The summed E-state index contributed by atoms with van der Waals surface area (Å²) in [6.45, 7) is 4.15. The number of nitrogens with zero attached hydrogens (tertiary/aromatic N) is 1. The van der Waals surface area contributed by atoms with Gasteiger partial charge in [0.05, 0.1) is 5.69 Å². The van der Waals surface area contributed by atoms with E-state index in [-0.39, 0.29) is 0 Å². The van der Waals surface area contributed by atoms with E-state index in [0.29, 0.717) is 10.7 Å². The molecule has 50 valence electrons. The van der Waals surface area contributed by atoms with Crippen LogP contribution in [0.25, 0.3) is 0 Å². The molecule has 0 radical (unpaired) electrons. The molecule has 1 heterocycles. The van der Waals surface area contributed by atoms with Crippen molar-refractivity contribution in [2.75, 3.05) is 0 Å². The SMILES string of the molecule is CC(C)c1coc(Br)n1.